The lowest BCUT2D eigenvalue weighted by molar-refractivity contribution is -0.143. The minimum atomic E-state index is -0.619. The van der Waals surface area contributed by atoms with E-state index in [-0.39, 0.29) is 24.2 Å². The number of aliphatic hydroxyl groups excluding tert-OH is 1. The Hall–Kier alpha value is -2.67. The Labute approximate surface area is 234 Å². The van der Waals surface area contributed by atoms with Gasteiger partial charge in [0.25, 0.3) is 0 Å². The molecule has 1 aliphatic rings. The molecule has 0 saturated heterocycles. The van der Waals surface area contributed by atoms with E-state index in [0.717, 1.165) is 36.1 Å². The Morgan fingerprint density at radius 2 is 1.85 bits per heavy atom. The van der Waals surface area contributed by atoms with Gasteiger partial charge >= 0.3 is 5.97 Å². The maximum atomic E-state index is 11.6. The summed E-state index contributed by atoms with van der Waals surface area (Å²) in [5, 5.41) is 14.3. The molecule has 2 N–H and O–H groups in total. The average Bonchev–Trinajstić information content (AvgIpc) is 3.31. The molecular weight excluding hydrogens is 490 g/mol. The fraction of sp³-hybridized carbons (Fsp3) is 0.545. The molecule has 3 rings (SSSR count). The van der Waals surface area contributed by atoms with Gasteiger partial charge in [0.05, 0.1) is 32.0 Å². The molecule has 6 heteroatoms. The van der Waals surface area contributed by atoms with E-state index < -0.39 is 6.10 Å². The van der Waals surface area contributed by atoms with Gasteiger partial charge in [0.1, 0.15) is 5.75 Å². The van der Waals surface area contributed by atoms with Gasteiger partial charge in [0.15, 0.2) is 0 Å². The summed E-state index contributed by atoms with van der Waals surface area (Å²) in [5.74, 6) is 1.22. The molecule has 6 nitrogen and oxygen atoms in total. The lowest BCUT2D eigenvalue weighted by Gasteiger charge is -2.31. The maximum absolute atomic E-state index is 11.6. The van der Waals surface area contributed by atoms with Gasteiger partial charge in [-0.25, -0.2) is 0 Å². The number of rotatable bonds is 16. The Kier molecular flexibility index (Phi) is 12.0. The molecule has 0 spiro atoms. The number of allylic oxidation sites excluding steroid dienone is 1. The molecule has 2 atom stereocenters. The van der Waals surface area contributed by atoms with Gasteiger partial charge < -0.3 is 24.6 Å². The van der Waals surface area contributed by atoms with Crippen LogP contribution in [-0.2, 0) is 27.1 Å². The third-order valence-corrected chi connectivity index (χ3v) is 7.21. The van der Waals surface area contributed by atoms with Crippen molar-refractivity contribution in [3.8, 4) is 5.75 Å². The van der Waals surface area contributed by atoms with E-state index in [4.69, 9.17) is 14.2 Å². The van der Waals surface area contributed by atoms with Crippen molar-refractivity contribution in [1.29, 1.82) is 0 Å². The first-order valence-corrected chi connectivity index (χ1v) is 14.4. The van der Waals surface area contributed by atoms with Crippen LogP contribution in [-0.4, -0.2) is 49.1 Å². The molecule has 0 saturated carbocycles. The highest BCUT2D eigenvalue weighted by Crippen LogP contribution is 2.32. The molecule has 0 bridgehead atoms. The first kappa shape index (κ1) is 30.9. The summed E-state index contributed by atoms with van der Waals surface area (Å²) < 4.78 is 16.8. The number of β-amino-alcohol motifs (C(OH)–C–C–N with tert-alkyl or cyclic N) is 1. The van der Waals surface area contributed by atoms with Crippen LogP contribution in [0.4, 0.5) is 0 Å². The maximum Gasteiger partial charge on any atom is 0.306 e. The van der Waals surface area contributed by atoms with Crippen molar-refractivity contribution in [3.05, 3.63) is 70.8 Å². The number of fused-ring (bicyclic) bond motifs is 1. The van der Waals surface area contributed by atoms with Gasteiger partial charge in [-0.3, -0.25) is 4.79 Å². The summed E-state index contributed by atoms with van der Waals surface area (Å²) in [7, 11) is 0. The van der Waals surface area contributed by atoms with Crippen LogP contribution in [0.1, 0.15) is 82.2 Å². The number of carbonyl (C=O) groups is 1. The number of aliphatic hydroxyl groups is 1. The zero-order valence-electron chi connectivity index (χ0n) is 24.4. The topological polar surface area (TPSA) is 77.0 Å². The molecule has 2 aromatic carbocycles. The van der Waals surface area contributed by atoms with Crippen LogP contribution in [0.5, 0.6) is 5.75 Å². The Morgan fingerprint density at radius 1 is 1.13 bits per heavy atom. The first-order valence-electron chi connectivity index (χ1n) is 14.4. The van der Waals surface area contributed by atoms with Crippen LogP contribution in [0, 0.1) is 5.92 Å². The highest BCUT2D eigenvalue weighted by atomic mass is 16.5. The van der Waals surface area contributed by atoms with Crippen molar-refractivity contribution >= 4 is 12.0 Å². The largest absolute Gasteiger partial charge is 0.494 e. The van der Waals surface area contributed by atoms with Crippen molar-refractivity contribution in [2.75, 3.05) is 26.4 Å². The minimum Gasteiger partial charge on any atom is -0.494 e. The predicted octanol–water partition coefficient (Wildman–Crippen LogP) is 6.05. The van der Waals surface area contributed by atoms with E-state index in [9.17, 15) is 9.90 Å². The zero-order chi connectivity index (χ0) is 28.3. The summed E-state index contributed by atoms with van der Waals surface area (Å²) in [5.41, 5.74) is 4.85. The third-order valence-electron chi connectivity index (χ3n) is 7.21. The quantitative estimate of drug-likeness (QED) is 0.254. The second-order valence-electron chi connectivity index (χ2n) is 11.1. The molecule has 0 heterocycles. The van der Waals surface area contributed by atoms with Gasteiger partial charge in [-0.1, -0.05) is 42.5 Å². The van der Waals surface area contributed by atoms with Crippen molar-refractivity contribution in [2.24, 2.45) is 5.92 Å². The van der Waals surface area contributed by atoms with Gasteiger partial charge in [0, 0.05) is 18.5 Å². The van der Waals surface area contributed by atoms with Gasteiger partial charge in [-0.15, -0.1) is 0 Å². The Bertz CT molecular complexity index is 1050. The molecule has 0 aromatic heterocycles. The van der Waals surface area contributed by atoms with E-state index >= 15 is 0 Å². The van der Waals surface area contributed by atoms with Crippen LogP contribution in [0.25, 0.3) is 6.08 Å². The average molecular weight is 538 g/mol. The standard InChI is InChI=1S/C33H47NO5/c1-6-37-30-17-16-26(12-10-11-15-32(36)38-7-2)31(20-30)24(3)39-23-29(35)22-34-33(4,5)21-25-18-27-13-8-9-14-28(27)19-25/h8-10,12-14,16-17,20,24-25,29,34-35H,6-7,11,15,18-19,21-23H2,1-5H3/b12-10+/t24-,29-/m1/s1. The van der Waals surface area contributed by atoms with Crippen LogP contribution >= 0.6 is 0 Å². The molecule has 39 heavy (non-hydrogen) atoms. The molecule has 0 unspecified atom stereocenters. The summed E-state index contributed by atoms with van der Waals surface area (Å²) >= 11 is 0. The zero-order valence-corrected chi connectivity index (χ0v) is 24.4. The van der Waals surface area contributed by atoms with Crippen molar-refractivity contribution in [1.82, 2.24) is 5.32 Å². The number of hydrogen-bond acceptors (Lipinski definition) is 6. The van der Waals surface area contributed by atoms with Crippen molar-refractivity contribution in [2.45, 2.75) is 84.5 Å². The van der Waals surface area contributed by atoms with Crippen molar-refractivity contribution in [3.63, 3.8) is 0 Å². The lowest BCUT2D eigenvalue weighted by Crippen LogP contribution is -2.45. The molecule has 0 amide bonds. The normalized spacial score (nSPS) is 15.3. The van der Waals surface area contributed by atoms with Crippen LogP contribution in [0.15, 0.2) is 48.5 Å². The fourth-order valence-electron chi connectivity index (χ4n) is 5.34. The Balaban J connectivity index is 1.50. The van der Waals surface area contributed by atoms with Crippen LogP contribution < -0.4 is 10.1 Å². The van der Waals surface area contributed by atoms with Gasteiger partial charge in [0.2, 0.25) is 0 Å². The van der Waals surface area contributed by atoms with E-state index in [1.165, 1.54) is 11.1 Å². The van der Waals surface area contributed by atoms with E-state index in [2.05, 4.69) is 43.4 Å². The summed E-state index contributed by atoms with van der Waals surface area (Å²) in [6.07, 6.45) is 7.40. The summed E-state index contributed by atoms with van der Waals surface area (Å²) in [6, 6.07) is 14.7. The predicted molar refractivity (Wildman–Crippen MR) is 157 cm³/mol. The van der Waals surface area contributed by atoms with Gasteiger partial charge in [-0.05, 0) is 101 Å². The molecular formula is C33H47NO5. The highest BCUT2D eigenvalue weighted by Gasteiger charge is 2.28. The molecule has 0 aliphatic heterocycles. The van der Waals surface area contributed by atoms with Gasteiger partial charge in [-0.2, -0.15) is 0 Å². The minimum absolute atomic E-state index is 0.0767. The SMILES string of the molecule is CCOC(=O)CC/C=C/c1ccc(OCC)cc1[C@@H](C)OC[C@H](O)CNC(C)(C)CC1Cc2ccccc2C1. The number of ether oxygens (including phenoxy) is 3. The summed E-state index contributed by atoms with van der Waals surface area (Å²) in [6.45, 7) is 11.9. The lowest BCUT2D eigenvalue weighted by atomic mass is 9.88. The molecule has 0 radical (unpaired) electrons. The molecule has 214 valence electrons. The molecule has 1 aliphatic carbocycles. The molecule has 2 aromatic rings. The molecule has 0 fully saturated rings. The first-order chi connectivity index (χ1) is 18.7. The Morgan fingerprint density at radius 3 is 2.51 bits per heavy atom. The summed E-state index contributed by atoms with van der Waals surface area (Å²) in [4.78, 5) is 11.6. The number of nitrogens with one attached hydrogen (secondary N) is 1. The second kappa shape index (κ2) is 15.2. The van der Waals surface area contributed by atoms with E-state index in [0.29, 0.717) is 38.5 Å². The highest BCUT2D eigenvalue weighted by molar-refractivity contribution is 5.69. The van der Waals surface area contributed by atoms with E-state index in [1.54, 1.807) is 0 Å². The number of esters is 1. The number of benzene rings is 2. The third kappa shape index (κ3) is 10.1. The fourth-order valence-corrected chi connectivity index (χ4v) is 5.34. The van der Waals surface area contributed by atoms with E-state index in [1.807, 2.05) is 51.1 Å². The number of carbonyl (C=O) groups excluding carboxylic acids is 1. The van der Waals surface area contributed by atoms with Crippen LogP contribution in [0.2, 0.25) is 0 Å². The second-order valence-corrected chi connectivity index (χ2v) is 11.1. The van der Waals surface area contributed by atoms with Crippen molar-refractivity contribution < 1.29 is 24.1 Å². The number of hydrogen-bond donors (Lipinski definition) is 2. The smallest absolute Gasteiger partial charge is 0.306 e. The van der Waals surface area contributed by atoms with Crippen LogP contribution in [0.3, 0.4) is 0 Å². The monoisotopic (exact) mass is 537 g/mol.